The number of nitrogens with one attached hydrogen (secondary N) is 2. The second-order valence-electron chi connectivity index (χ2n) is 4.43. The number of aromatic amines is 1. The zero-order valence-electron chi connectivity index (χ0n) is 9.65. The number of nitrogens with two attached hydrogens (primary N) is 1. The Balaban J connectivity index is 1.92. The summed E-state index contributed by atoms with van der Waals surface area (Å²) in [6.45, 7) is 2.47. The number of para-hydroxylation sites is 1. The van der Waals surface area contributed by atoms with E-state index in [0.717, 1.165) is 30.8 Å². The van der Waals surface area contributed by atoms with Gasteiger partial charge in [0.2, 0.25) is 0 Å². The quantitative estimate of drug-likeness (QED) is 0.726. The van der Waals surface area contributed by atoms with E-state index >= 15 is 0 Å². The monoisotopic (exact) mass is 231 g/mol. The fourth-order valence-corrected chi connectivity index (χ4v) is 2.39. The number of hydrogen-bond acceptors (Lipinski definition) is 3. The third kappa shape index (κ3) is 1.95. The summed E-state index contributed by atoms with van der Waals surface area (Å²) >= 11 is 0. The zero-order chi connectivity index (χ0) is 11.7. The Bertz CT molecular complexity index is 502. The van der Waals surface area contributed by atoms with Crippen molar-refractivity contribution in [2.45, 2.75) is 12.1 Å². The van der Waals surface area contributed by atoms with Crippen LogP contribution in [0.1, 0.15) is 11.6 Å². The molecule has 1 aliphatic rings. The van der Waals surface area contributed by atoms with Crippen molar-refractivity contribution < 1.29 is 4.74 Å². The molecule has 3 rings (SSSR count). The fraction of sp³-hybridized carbons (Fsp3) is 0.385. The SMILES string of the molecule is NC(c1c[nH]c2ccccc12)C1CNCCO1. The van der Waals surface area contributed by atoms with Crippen molar-refractivity contribution >= 4 is 10.9 Å². The molecule has 0 amide bonds. The number of fused-ring (bicyclic) bond motifs is 1. The summed E-state index contributed by atoms with van der Waals surface area (Å²) in [7, 11) is 0. The van der Waals surface area contributed by atoms with Crippen LogP contribution in [0.2, 0.25) is 0 Å². The van der Waals surface area contributed by atoms with E-state index in [1.807, 2.05) is 18.3 Å². The fourth-order valence-electron chi connectivity index (χ4n) is 2.39. The molecular weight excluding hydrogens is 214 g/mol. The summed E-state index contributed by atoms with van der Waals surface area (Å²) in [5.41, 5.74) is 8.56. The normalized spacial score (nSPS) is 22.8. The first kappa shape index (κ1) is 10.8. The molecule has 0 aliphatic carbocycles. The summed E-state index contributed by atoms with van der Waals surface area (Å²) < 4.78 is 5.71. The van der Waals surface area contributed by atoms with E-state index in [-0.39, 0.29) is 12.1 Å². The van der Waals surface area contributed by atoms with Gasteiger partial charge < -0.3 is 20.8 Å². The lowest BCUT2D eigenvalue weighted by Gasteiger charge is -2.28. The van der Waals surface area contributed by atoms with Gasteiger partial charge in [-0.15, -0.1) is 0 Å². The molecule has 2 aromatic rings. The summed E-state index contributed by atoms with van der Waals surface area (Å²) in [6, 6.07) is 8.13. The van der Waals surface area contributed by atoms with E-state index in [2.05, 4.69) is 22.4 Å². The second kappa shape index (κ2) is 4.49. The van der Waals surface area contributed by atoms with Crippen LogP contribution in [0.3, 0.4) is 0 Å². The summed E-state index contributed by atoms with van der Waals surface area (Å²) in [4.78, 5) is 3.25. The molecule has 1 aromatic heterocycles. The van der Waals surface area contributed by atoms with Crippen LogP contribution in [0, 0.1) is 0 Å². The molecule has 0 spiro atoms. The number of aromatic nitrogens is 1. The van der Waals surface area contributed by atoms with Crippen molar-refractivity contribution in [3.63, 3.8) is 0 Å². The highest BCUT2D eigenvalue weighted by atomic mass is 16.5. The zero-order valence-corrected chi connectivity index (χ0v) is 9.65. The van der Waals surface area contributed by atoms with Gasteiger partial charge in [0.1, 0.15) is 0 Å². The highest BCUT2D eigenvalue weighted by Crippen LogP contribution is 2.26. The molecular formula is C13H17N3O. The maximum Gasteiger partial charge on any atom is 0.0893 e. The van der Waals surface area contributed by atoms with Gasteiger partial charge in [-0.2, -0.15) is 0 Å². The number of morpholine rings is 1. The lowest BCUT2D eigenvalue weighted by molar-refractivity contribution is 0.0125. The molecule has 2 atom stereocenters. The van der Waals surface area contributed by atoms with Crippen LogP contribution in [0.4, 0.5) is 0 Å². The molecule has 4 nitrogen and oxygen atoms in total. The smallest absolute Gasteiger partial charge is 0.0893 e. The Kier molecular flexibility index (Phi) is 2.84. The van der Waals surface area contributed by atoms with Crippen molar-refractivity contribution in [1.29, 1.82) is 0 Å². The Morgan fingerprint density at radius 3 is 3.06 bits per heavy atom. The summed E-state index contributed by atoms with van der Waals surface area (Å²) in [5, 5.41) is 4.50. The number of rotatable bonds is 2. The van der Waals surface area contributed by atoms with Crippen molar-refractivity contribution in [1.82, 2.24) is 10.3 Å². The number of hydrogen-bond donors (Lipinski definition) is 3. The molecule has 4 N–H and O–H groups in total. The summed E-state index contributed by atoms with van der Waals surface area (Å²) in [6.07, 6.45) is 2.05. The number of benzene rings is 1. The maximum absolute atomic E-state index is 6.30. The standard InChI is InChI=1S/C13H17N3O/c14-13(12-8-15-5-6-17-12)10-7-16-11-4-2-1-3-9(10)11/h1-4,7,12-13,15-16H,5-6,8,14H2. The average molecular weight is 231 g/mol. The van der Waals surface area contributed by atoms with E-state index in [1.54, 1.807) is 0 Å². The van der Waals surface area contributed by atoms with Crippen molar-refractivity contribution in [3.05, 3.63) is 36.0 Å². The van der Waals surface area contributed by atoms with Crippen LogP contribution >= 0.6 is 0 Å². The molecule has 1 fully saturated rings. The molecule has 0 bridgehead atoms. The van der Waals surface area contributed by atoms with Crippen molar-refractivity contribution in [3.8, 4) is 0 Å². The van der Waals surface area contributed by atoms with Gasteiger partial charge in [0, 0.05) is 30.2 Å². The lowest BCUT2D eigenvalue weighted by Crippen LogP contribution is -2.44. The van der Waals surface area contributed by atoms with Crippen molar-refractivity contribution in [2.75, 3.05) is 19.7 Å². The maximum atomic E-state index is 6.30. The molecule has 2 unspecified atom stereocenters. The molecule has 17 heavy (non-hydrogen) atoms. The van der Waals surface area contributed by atoms with Crippen molar-refractivity contribution in [2.24, 2.45) is 5.73 Å². The molecule has 1 aliphatic heterocycles. The molecule has 0 saturated carbocycles. The van der Waals surface area contributed by atoms with Crippen LogP contribution in [0.5, 0.6) is 0 Å². The van der Waals surface area contributed by atoms with Gasteiger partial charge in [0.25, 0.3) is 0 Å². The first-order valence-corrected chi connectivity index (χ1v) is 6.00. The average Bonchev–Trinajstić information content (AvgIpc) is 2.83. The minimum Gasteiger partial charge on any atom is -0.374 e. The second-order valence-corrected chi connectivity index (χ2v) is 4.43. The van der Waals surface area contributed by atoms with Crippen LogP contribution < -0.4 is 11.1 Å². The lowest BCUT2D eigenvalue weighted by atomic mass is 10.0. The summed E-state index contributed by atoms with van der Waals surface area (Å²) in [5.74, 6) is 0. The van der Waals surface area contributed by atoms with E-state index < -0.39 is 0 Å². The van der Waals surface area contributed by atoms with Gasteiger partial charge in [-0.1, -0.05) is 18.2 Å². The highest BCUT2D eigenvalue weighted by Gasteiger charge is 2.24. The Morgan fingerprint density at radius 2 is 2.24 bits per heavy atom. The molecule has 1 aromatic carbocycles. The minimum atomic E-state index is -0.0843. The van der Waals surface area contributed by atoms with Gasteiger partial charge in [-0.05, 0) is 11.6 Å². The highest BCUT2D eigenvalue weighted by molar-refractivity contribution is 5.83. The first-order valence-electron chi connectivity index (χ1n) is 6.00. The van der Waals surface area contributed by atoms with E-state index in [0.29, 0.717) is 0 Å². The van der Waals surface area contributed by atoms with Gasteiger partial charge >= 0.3 is 0 Å². The van der Waals surface area contributed by atoms with Gasteiger partial charge in [0.05, 0.1) is 18.8 Å². The van der Waals surface area contributed by atoms with Crippen LogP contribution in [-0.4, -0.2) is 30.8 Å². The molecule has 1 saturated heterocycles. The predicted octanol–water partition coefficient (Wildman–Crippen LogP) is 1.16. The van der Waals surface area contributed by atoms with Gasteiger partial charge in [0.15, 0.2) is 0 Å². The van der Waals surface area contributed by atoms with E-state index in [1.165, 1.54) is 5.39 Å². The van der Waals surface area contributed by atoms with Crippen LogP contribution in [-0.2, 0) is 4.74 Å². The molecule has 90 valence electrons. The topological polar surface area (TPSA) is 63.1 Å². The van der Waals surface area contributed by atoms with Gasteiger partial charge in [-0.25, -0.2) is 0 Å². The Morgan fingerprint density at radius 1 is 1.35 bits per heavy atom. The Labute approximate surface area is 100 Å². The van der Waals surface area contributed by atoms with Crippen LogP contribution in [0.15, 0.2) is 30.5 Å². The Hall–Kier alpha value is -1.36. The molecule has 0 radical (unpaired) electrons. The molecule has 4 heteroatoms. The molecule has 2 heterocycles. The van der Waals surface area contributed by atoms with Gasteiger partial charge in [-0.3, -0.25) is 0 Å². The van der Waals surface area contributed by atoms with E-state index in [4.69, 9.17) is 10.5 Å². The number of ether oxygens (including phenoxy) is 1. The third-order valence-electron chi connectivity index (χ3n) is 3.34. The first-order chi connectivity index (χ1) is 8.36. The van der Waals surface area contributed by atoms with E-state index in [9.17, 15) is 0 Å². The largest absolute Gasteiger partial charge is 0.374 e. The van der Waals surface area contributed by atoms with Crippen LogP contribution in [0.25, 0.3) is 10.9 Å². The predicted molar refractivity (Wildman–Crippen MR) is 67.8 cm³/mol. The third-order valence-corrected chi connectivity index (χ3v) is 3.34. The number of H-pyrrole nitrogens is 1. The minimum absolute atomic E-state index is 0.0583.